The molecule has 1 aliphatic carbocycles. The second-order valence-corrected chi connectivity index (χ2v) is 5.95. The monoisotopic (exact) mass is 275 g/mol. The fraction of sp³-hybridized carbons (Fsp3) is 0.588. The van der Waals surface area contributed by atoms with E-state index in [4.69, 9.17) is 4.74 Å². The molecule has 1 aromatic carbocycles. The largest absolute Gasteiger partial charge is 0.496 e. The number of amides is 1. The molecule has 1 N–H and O–H groups in total. The topological polar surface area (TPSA) is 38.3 Å². The van der Waals surface area contributed by atoms with Gasteiger partial charge in [-0.3, -0.25) is 4.79 Å². The van der Waals surface area contributed by atoms with Gasteiger partial charge in [-0.1, -0.05) is 38.8 Å². The van der Waals surface area contributed by atoms with Gasteiger partial charge in [0.2, 0.25) is 5.91 Å². The Morgan fingerprint density at radius 2 is 2.05 bits per heavy atom. The zero-order valence-corrected chi connectivity index (χ0v) is 12.7. The van der Waals surface area contributed by atoms with Crippen LogP contribution in [0, 0.1) is 0 Å². The van der Waals surface area contributed by atoms with Gasteiger partial charge in [-0.2, -0.15) is 0 Å². The van der Waals surface area contributed by atoms with Gasteiger partial charge in [0.15, 0.2) is 0 Å². The summed E-state index contributed by atoms with van der Waals surface area (Å²) in [6.45, 7) is 4.31. The van der Waals surface area contributed by atoms with E-state index in [1.54, 1.807) is 7.11 Å². The molecule has 110 valence electrons. The van der Waals surface area contributed by atoms with Crippen molar-refractivity contribution in [2.75, 3.05) is 7.11 Å². The van der Waals surface area contributed by atoms with Crippen LogP contribution in [0.2, 0.25) is 0 Å². The number of hydrogen-bond acceptors (Lipinski definition) is 2. The van der Waals surface area contributed by atoms with Crippen molar-refractivity contribution >= 4 is 5.91 Å². The molecular formula is C17H25NO2. The van der Waals surface area contributed by atoms with Crippen LogP contribution < -0.4 is 10.1 Å². The van der Waals surface area contributed by atoms with Crippen LogP contribution in [0.3, 0.4) is 0 Å². The fourth-order valence-electron chi connectivity index (χ4n) is 2.82. The smallest absolute Gasteiger partial charge is 0.224 e. The molecule has 0 unspecified atom stereocenters. The zero-order chi connectivity index (χ0) is 14.5. The summed E-state index contributed by atoms with van der Waals surface area (Å²) in [7, 11) is 1.66. The summed E-state index contributed by atoms with van der Waals surface area (Å²) in [5.74, 6) is 1.37. The van der Waals surface area contributed by atoms with E-state index in [-0.39, 0.29) is 5.91 Å². The molecule has 1 saturated carbocycles. The molecule has 3 heteroatoms. The van der Waals surface area contributed by atoms with Crippen molar-refractivity contribution in [1.29, 1.82) is 0 Å². The summed E-state index contributed by atoms with van der Waals surface area (Å²) in [6.07, 6.45) is 5.11. The molecule has 20 heavy (non-hydrogen) atoms. The van der Waals surface area contributed by atoms with E-state index in [1.807, 2.05) is 6.07 Å². The Hall–Kier alpha value is -1.51. The van der Waals surface area contributed by atoms with Gasteiger partial charge >= 0.3 is 0 Å². The molecule has 1 fully saturated rings. The SMILES string of the molecule is COc1ccc(C(C)C)cc1CC(=O)NC1CCCC1. The van der Waals surface area contributed by atoms with E-state index in [9.17, 15) is 4.79 Å². The maximum absolute atomic E-state index is 12.2. The van der Waals surface area contributed by atoms with Gasteiger partial charge in [-0.05, 0) is 30.4 Å². The maximum Gasteiger partial charge on any atom is 0.224 e. The number of rotatable bonds is 5. The van der Waals surface area contributed by atoms with Crippen LogP contribution in [0.15, 0.2) is 18.2 Å². The van der Waals surface area contributed by atoms with E-state index < -0.39 is 0 Å². The summed E-state index contributed by atoms with van der Waals surface area (Å²) in [4.78, 5) is 12.2. The number of benzene rings is 1. The fourth-order valence-corrected chi connectivity index (χ4v) is 2.82. The molecule has 0 saturated heterocycles. The number of hydrogen-bond donors (Lipinski definition) is 1. The molecule has 3 nitrogen and oxygen atoms in total. The van der Waals surface area contributed by atoms with Gasteiger partial charge in [0.05, 0.1) is 13.5 Å². The molecule has 0 radical (unpaired) electrons. The molecule has 0 spiro atoms. The van der Waals surface area contributed by atoms with E-state index in [0.29, 0.717) is 18.4 Å². The highest BCUT2D eigenvalue weighted by atomic mass is 16.5. The minimum atomic E-state index is 0.108. The first-order chi connectivity index (χ1) is 9.60. The first kappa shape index (κ1) is 14.9. The van der Waals surface area contributed by atoms with Gasteiger partial charge < -0.3 is 10.1 Å². The molecular weight excluding hydrogens is 250 g/mol. The van der Waals surface area contributed by atoms with Gasteiger partial charge in [0.1, 0.15) is 5.75 Å². The zero-order valence-electron chi connectivity index (χ0n) is 12.7. The van der Waals surface area contributed by atoms with E-state index in [2.05, 4.69) is 31.3 Å². The van der Waals surface area contributed by atoms with E-state index in [1.165, 1.54) is 18.4 Å². The Bertz CT molecular complexity index is 462. The lowest BCUT2D eigenvalue weighted by molar-refractivity contribution is -0.121. The van der Waals surface area contributed by atoms with Gasteiger partial charge in [0.25, 0.3) is 0 Å². The van der Waals surface area contributed by atoms with Crippen LogP contribution in [0.25, 0.3) is 0 Å². The minimum Gasteiger partial charge on any atom is -0.496 e. The first-order valence-corrected chi connectivity index (χ1v) is 7.56. The lowest BCUT2D eigenvalue weighted by atomic mass is 9.98. The second kappa shape index (κ2) is 6.78. The summed E-state index contributed by atoms with van der Waals surface area (Å²) in [5, 5.41) is 3.13. The standard InChI is InChI=1S/C17H25NO2/c1-12(2)13-8-9-16(20-3)14(10-13)11-17(19)18-15-6-4-5-7-15/h8-10,12,15H,4-7,11H2,1-3H3,(H,18,19). The van der Waals surface area contributed by atoms with Gasteiger partial charge in [-0.25, -0.2) is 0 Å². The molecule has 0 heterocycles. The summed E-state index contributed by atoms with van der Waals surface area (Å²) in [6, 6.07) is 6.51. The van der Waals surface area contributed by atoms with Crippen LogP contribution in [-0.2, 0) is 11.2 Å². The molecule has 0 aromatic heterocycles. The van der Waals surface area contributed by atoms with Crippen molar-refractivity contribution in [3.8, 4) is 5.75 Å². The lowest BCUT2D eigenvalue weighted by Crippen LogP contribution is -2.33. The summed E-state index contributed by atoms with van der Waals surface area (Å²) in [5.41, 5.74) is 2.23. The Morgan fingerprint density at radius 1 is 1.35 bits per heavy atom. The number of methoxy groups -OCH3 is 1. The predicted molar refractivity (Wildman–Crippen MR) is 81.2 cm³/mol. The molecule has 2 rings (SSSR count). The van der Waals surface area contributed by atoms with Crippen molar-refractivity contribution in [3.05, 3.63) is 29.3 Å². The molecule has 0 atom stereocenters. The van der Waals surface area contributed by atoms with E-state index in [0.717, 1.165) is 24.2 Å². The van der Waals surface area contributed by atoms with Crippen LogP contribution in [0.5, 0.6) is 5.75 Å². The maximum atomic E-state index is 12.2. The molecule has 1 aromatic rings. The quantitative estimate of drug-likeness (QED) is 0.894. The highest BCUT2D eigenvalue weighted by molar-refractivity contribution is 5.79. The van der Waals surface area contributed by atoms with Crippen molar-refractivity contribution in [2.24, 2.45) is 0 Å². The second-order valence-electron chi connectivity index (χ2n) is 5.95. The Kier molecular flexibility index (Phi) is 5.05. The van der Waals surface area contributed by atoms with Crippen molar-refractivity contribution in [2.45, 2.75) is 57.9 Å². The van der Waals surface area contributed by atoms with Gasteiger partial charge in [0, 0.05) is 11.6 Å². The minimum absolute atomic E-state index is 0.108. The van der Waals surface area contributed by atoms with Crippen molar-refractivity contribution < 1.29 is 9.53 Å². The Labute approximate surface area is 121 Å². The molecule has 0 bridgehead atoms. The number of carbonyl (C=O) groups excluding carboxylic acids is 1. The molecule has 1 aliphatic rings. The Morgan fingerprint density at radius 3 is 2.65 bits per heavy atom. The molecule has 0 aliphatic heterocycles. The summed E-state index contributed by atoms with van der Waals surface area (Å²) < 4.78 is 5.37. The predicted octanol–water partition coefficient (Wildman–Crippen LogP) is 3.42. The van der Waals surface area contributed by atoms with Crippen LogP contribution in [-0.4, -0.2) is 19.1 Å². The van der Waals surface area contributed by atoms with Crippen molar-refractivity contribution in [1.82, 2.24) is 5.32 Å². The first-order valence-electron chi connectivity index (χ1n) is 7.56. The summed E-state index contributed by atoms with van der Waals surface area (Å²) >= 11 is 0. The van der Waals surface area contributed by atoms with Crippen LogP contribution in [0.1, 0.15) is 56.6 Å². The van der Waals surface area contributed by atoms with Crippen LogP contribution >= 0.6 is 0 Å². The highest BCUT2D eigenvalue weighted by Crippen LogP contribution is 2.25. The normalized spacial score (nSPS) is 15.6. The van der Waals surface area contributed by atoms with Crippen LogP contribution in [0.4, 0.5) is 0 Å². The highest BCUT2D eigenvalue weighted by Gasteiger charge is 2.18. The lowest BCUT2D eigenvalue weighted by Gasteiger charge is -2.15. The number of carbonyl (C=O) groups is 1. The number of nitrogens with one attached hydrogen (secondary N) is 1. The van der Waals surface area contributed by atoms with Crippen molar-refractivity contribution in [3.63, 3.8) is 0 Å². The van der Waals surface area contributed by atoms with Gasteiger partial charge in [-0.15, -0.1) is 0 Å². The molecule has 1 amide bonds. The third-order valence-electron chi connectivity index (χ3n) is 4.04. The Balaban J connectivity index is 2.05. The third-order valence-corrected chi connectivity index (χ3v) is 4.04. The average Bonchev–Trinajstić information content (AvgIpc) is 2.91. The average molecular weight is 275 g/mol. The van der Waals surface area contributed by atoms with E-state index >= 15 is 0 Å². The third kappa shape index (κ3) is 3.75. The number of ether oxygens (including phenoxy) is 1.